The van der Waals surface area contributed by atoms with E-state index in [2.05, 4.69) is 0 Å². The first-order valence-corrected chi connectivity index (χ1v) is 2.24. The lowest BCUT2D eigenvalue weighted by atomic mass is 11.5. The van der Waals surface area contributed by atoms with Crippen LogP contribution in [-0.4, -0.2) is 8.42 Å². The van der Waals surface area contributed by atoms with Crippen molar-refractivity contribution in [2.45, 2.75) is 0 Å². The Morgan fingerprint density at radius 1 is 1.67 bits per heavy atom. The summed E-state index contributed by atoms with van der Waals surface area (Å²) < 4.78 is 20.1. The third-order valence-electron chi connectivity index (χ3n) is 0.141. The fraction of sp³-hybridized carbons (Fsp3) is 0. The highest BCUT2D eigenvalue weighted by atomic mass is 32.2. The number of nitrogens with zero attached hydrogens (tertiary/aromatic N) is 1. The molecule has 0 radical (unpaired) electrons. The maximum atomic E-state index is 9.30. The second-order valence-corrected chi connectivity index (χ2v) is 1.22. The van der Waals surface area contributed by atoms with E-state index in [4.69, 9.17) is 5.26 Å². The van der Waals surface area contributed by atoms with Gasteiger partial charge in [0.05, 0.1) is 0 Å². The van der Waals surface area contributed by atoms with Crippen molar-refractivity contribution in [1.82, 2.24) is 4.72 Å². The van der Waals surface area contributed by atoms with Gasteiger partial charge < -0.3 is 0 Å². The van der Waals surface area contributed by atoms with Gasteiger partial charge in [-0.15, -0.1) is 0 Å². The Morgan fingerprint density at radius 3 is 2.17 bits per heavy atom. The first-order valence-electron chi connectivity index (χ1n) is 1.06. The van der Waals surface area contributed by atoms with Crippen molar-refractivity contribution in [2.24, 2.45) is 0 Å². The van der Waals surface area contributed by atoms with Crippen molar-refractivity contribution in [3.8, 4) is 6.19 Å². The third kappa shape index (κ3) is 3.24. The van der Waals surface area contributed by atoms with E-state index in [1.54, 1.807) is 0 Å². The van der Waals surface area contributed by atoms with Gasteiger partial charge in [0.1, 0.15) is 0 Å². The lowest BCUT2D eigenvalue weighted by Crippen LogP contribution is -1.98. The average molecular weight is 106 g/mol. The van der Waals surface area contributed by atoms with Crippen molar-refractivity contribution in [3.63, 3.8) is 0 Å². The van der Waals surface area contributed by atoms with Gasteiger partial charge in [0.2, 0.25) is 10.9 Å². The molecule has 1 N–H and O–H groups in total. The molecule has 0 saturated heterocycles. The van der Waals surface area contributed by atoms with Crippen LogP contribution >= 0.6 is 0 Å². The average Bonchev–Trinajstić information content (AvgIpc) is 1.35. The number of nitrogens with one attached hydrogen (secondary N) is 1. The normalized spacial score (nSPS) is 7.33. The Hall–Kier alpha value is -0.760. The highest BCUT2D eigenvalue weighted by Gasteiger charge is 1.67. The molecule has 0 saturated carbocycles. The topological polar surface area (TPSA) is 70.0 Å². The van der Waals surface area contributed by atoms with Crippen LogP contribution in [0.5, 0.6) is 0 Å². The first kappa shape index (κ1) is 5.24. The van der Waals surface area contributed by atoms with Crippen LogP contribution in [0.3, 0.4) is 0 Å². The number of thiol groups is 1. The molecule has 0 heterocycles. The summed E-state index contributed by atoms with van der Waals surface area (Å²) in [5.41, 5.74) is 0. The summed E-state index contributed by atoms with van der Waals surface area (Å²) in [6.45, 7) is 0. The van der Waals surface area contributed by atoms with Gasteiger partial charge in [-0.2, -0.15) is 5.26 Å². The molecule has 0 unspecified atom stereocenters. The van der Waals surface area contributed by atoms with Gasteiger partial charge in [0.15, 0.2) is 6.19 Å². The molecule has 0 atom stereocenters. The fourth-order valence-corrected chi connectivity index (χ4v) is 0.122. The van der Waals surface area contributed by atoms with Crippen LogP contribution < -0.4 is 4.72 Å². The van der Waals surface area contributed by atoms with Crippen molar-refractivity contribution in [3.05, 3.63) is 0 Å². The van der Waals surface area contributed by atoms with E-state index in [9.17, 15) is 8.42 Å². The molecule has 0 aromatic carbocycles. The van der Waals surface area contributed by atoms with E-state index < -0.39 is 10.9 Å². The van der Waals surface area contributed by atoms with E-state index in [1.165, 1.54) is 10.9 Å². The molecule has 6 heavy (non-hydrogen) atoms. The number of hydrogen-bond donors (Lipinski definition) is 2. The Morgan fingerprint density at radius 2 is 2.17 bits per heavy atom. The fourth-order valence-electron chi connectivity index (χ4n) is 0.0408. The van der Waals surface area contributed by atoms with Crippen LogP contribution in [-0.2, 0) is 10.9 Å². The smallest absolute Gasteiger partial charge is 0.222 e. The van der Waals surface area contributed by atoms with Crippen LogP contribution in [0.1, 0.15) is 0 Å². The summed E-state index contributed by atoms with van der Waals surface area (Å²) >= 11 is 0. The predicted molar refractivity (Wildman–Crippen MR) is 19.1 cm³/mol. The second-order valence-electron chi connectivity index (χ2n) is 0.481. The molecule has 0 aliphatic carbocycles. The largest absolute Gasteiger partial charge is 0.230 e. The molecule has 0 aromatic heterocycles. The SMILES string of the molecule is N#CN[SH](=O)=O. The lowest BCUT2D eigenvalue weighted by molar-refractivity contribution is 0.610. The highest BCUT2D eigenvalue weighted by Crippen LogP contribution is 1.39. The molecule has 4 nitrogen and oxygen atoms in total. The molecule has 0 aliphatic rings. The standard InChI is InChI=1S/CH2N2O2S/c2-1-3-6(4)5/h6H,(H,3,4,5). The van der Waals surface area contributed by atoms with Gasteiger partial charge in [-0.05, 0) is 0 Å². The van der Waals surface area contributed by atoms with Gasteiger partial charge >= 0.3 is 0 Å². The zero-order valence-electron chi connectivity index (χ0n) is 2.71. The van der Waals surface area contributed by atoms with Crippen molar-refractivity contribution >= 4 is 10.9 Å². The number of hydrogen-bond acceptors (Lipinski definition) is 3. The van der Waals surface area contributed by atoms with Gasteiger partial charge in [-0.1, -0.05) is 0 Å². The first-order chi connectivity index (χ1) is 2.77. The maximum Gasteiger partial charge on any atom is 0.230 e. The molecule has 0 bridgehead atoms. The minimum absolute atomic E-state index is 1.22. The van der Waals surface area contributed by atoms with Gasteiger partial charge in [0, 0.05) is 0 Å². The summed E-state index contributed by atoms with van der Waals surface area (Å²) in [5.74, 6) is 0. The maximum absolute atomic E-state index is 9.30. The summed E-state index contributed by atoms with van der Waals surface area (Å²) in [6.07, 6.45) is 1.22. The zero-order chi connectivity index (χ0) is 4.99. The molecular formula is CH2N2O2S. The van der Waals surface area contributed by atoms with Crippen LogP contribution in [0.4, 0.5) is 0 Å². The van der Waals surface area contributed by atoms with Crippen LogP contribution in [0.25, 0.3) is 0 Å². The van der Waals surface area contributed by atoms with Gasteiger partial charge in [0.25, 0.3) is 0 Å². The van der Waals surface area contributed by atoms with Gasteiger partial charge in [-0.3, -0.25) is 0 Å². The van der Waals surface area contributed by atoms with E-state index >= 15 is 0 Å². The molecule has 0 amide bonds. The Bertz CT molecular complexity index is 123. The molecule has 0 rings (SSSR count). The lowest BCUT2D eigenvalue weighted by Gasteiger charge is -1.66. The van der Waals surface area contributed by atoms with Crippen molar-refractivity contribution in [2.75, 3.05) is 0 Å². The van der Waals surface area contributed by atoms with Gasteiger partial charge in [-0.25, -0.2) is 13.1 Å². The molecule has 5 heteroatoms. The van der Waals surface area contributed by atoms with Crippen LogP contribution in [0.2, 0.25) is 0 Å². The van der Waals surface area contributed by atoms with E-state index in [0.717, 1.165) is 0 Å². The molecule has 0 spiro atoms. The minimum atomic E-state index is -2.71. The van der Waals surface area contributed by atoms with E-state index in [-0.39, 0.29) is 0 Å². The Labute approximate surface area is 36.5 Å². The third-order valence-corrected chi connectivity index (χ3v) is 0.424. The highest BCUT2D eigenvalue weighted by molar-refractivity contribution is 7.70. The molecular weight excluding hydrogens is 104 g/mol. The zero-order valence-corrected chi connectivity index (χ0v) is 3.61. The van der Waals surface area contributed by atoms with Crippen molar-refractivity contribution in [1.29, 1.82) is 5.26 Å². The van der Waals surface area contributed by atoms with Crippen molar-refractivity contribution < 1.29 is 8.42 Å². The quantitative estimate of drug-likeness (QED) is 0.245. The molecule has 34 valence electrons. The molecule has 0 fully saturated rings. The summed E-state index contributed by atoms with van der Waals surface area (Å²) in [4.78, 5) is 0. The predicted octanol–water partition coefficient (Wildman–Crippen LogP) is -1.42. The van der Waals surface area contributed by atoms with E-state index in [0.29, 0.717) is 0 Å². The van der Waals surface area contributed by atoms with Crippen LogP contribution in [0.15, 0.2) is 0 Å². The number of nitriles is 1. The monoisotopic (exact) mass is 106 g/mol. The molecule has 0 aromatic rings. The Kier molecular flexibility index (Phi) is 2.16. The van der Waals surface area contributed by atoms with E-state index in [1.807, 2.05) is 0 Å². The summed E-state index contributed by atoms with van der Waals surface area (Å²) in [7, 11) is -2.71. The summed E-state index contributed by atoms with van der Waals surface area (Å²) in [5, 5.41) is 7.49. The minimum Gasteiger partial charge on any atom is -0.222 e. The Balaban J connectivity index is 3.41. The second kappa shape index (κ2) is 2.48. The van der Waals surface area contributed by atoms with Crippen LogP contribution in [0, 0.1) is 11.5 Å². The molecule has 0 aliphatic heterocycles. The number of rotatable bonds is 1. The summed E-state index contributed by atoms with van der Waals surface area (Å²) in [6, 6.07) is 0.